The smallest absolute Gasteiger partial charge is 0.178 e. The lowest BCUT2D eigenvalue weighted by Gasteiger charge is -2.20. The molecule has 0 radical (unpaired) electrons. The van der Waals surface area contributed by atoms with Crippen LogP contribution in [0.15, 0.2) is 18.2 Å². The molecule has 2 fully saturated rings. The highest BCUT2D eigenvalue weighted by Crippen LogP contribution is 2.44. The number of aromatic amines is 1. The number of hydrogen-bond acceptors (Lipinski definition) is 3. The summed E-state index contributed by atoms with van der Waals surface area (Å²) < 4.78 is 14.3. The number of benzene rings is 1. The molecule has 1 aliphatic heterocycles. The summed E-state index contributed by atoms with van der Waals surface area (Å²) in [6, 6.07) is 6.41. The van der Waals surface area contributed by atoms with E-state index in [-0.39, 0.29) is 0 Å². The zero-order valence-corrected chi connectivity index (χ0v) is 12.3. The molecule has 0 amide bonds. The van der Waals surface area contributed by atoms with Gasteiger partial charge in [0.1, 0.15) is 5.75 Å². The predicted octanol–water partition coefficient (Wildman–Crippen LogP) is 3.45. The SMILES string of the molecule is COc1ccc2[nH]c(=S)n(C3CCOC3C3CC3)c2c1. The first kappa shape index (κ1) is 12.4. The van der Waals surface area contributed by atoms with Crippen LogP contribution in [0, 0.1) is 10.7 Å². The van der Waals surface area contributed by atoms with Crippen LogP contribution in [0.5, 0.6) is 5.75 Å². The second-order valence-corrected chi connectivity index (χ2v) is 6.10. The lowest BCUT2D eigenvalue weighted by atomic mass is 10.1. The van der Waals surface area contributed by atoms with Crippen molar-refractivity contribution >= 4 is 23.3 Å². The Labute approximate surface area is 122 Å². The molecule has 1 saturated carbocycles. The van der Waals surface area contributed by atoms with Crippen molar-refractivity contribution in [2.24, 2.45) is 5.92 Å². The summed E-state index contributed by atoms with van der Waals surface area (Å²) in [7, 11) is 1.69. The summed E-state index contributed by atoms with van der Waals surface area (Å²) in [6.45, 7) is 0.838. The normalized spacial score (nSPS) is 26.2. The van der Waals surface area contributed by atoms with Crippen LogP contribution in [0.3, 0.4) is 0 Å². The molecule has 2 heterocycles. The number of nitrogens with zero attached hydrogens (tertiary/aromatic N) is 1. The topological polar surface area (TPSA) is 39.2 Å². The van der Waals surface area contributed by atoms with Crippen molar-refractivity contribution in [1.82, 2.24) is 9.55 Å². The first-order chi connectivity index (χ1) is 9.78. The Bertz CT molecular complexity index is 701. The minimum Gasteiger partial charge on any atom is -0.497 e. The van der Waals surface area contributed by atoms with Gasteiger partial charge < -0.3 is 19.0 Å². The lowest BCUT2D eigenvalue weighted by Crippen LogP contribution is -2.22. The van der Waals surface area contributed by atoms with Crippen molar-refractivity contribution in [2.45, 2.75) is 31.4 Å². The molecule has 1 aromatic heterocycles. The molecule has 4 rings (SSSR count). The van der Waals surface area contributed by atoms with Crippen molar-refractivity contribution in [3.05, 3.63) is 23.0 Å². The Kier molecular flexibility index (Phi) is 2.86. The highest BCUT2D eigenvalue weighted by molar-refractivity contribution is 7.71. The third-order valence-corrected chi connectivity index (χ3v) is 4.75. The van der Waals surface area contributed by atoms with Gasteiger partial charge in [0, 0.05) is 12.7 Å². The third kappa shape index (κ3) is 1.88. The van der Waals surface area contributed by atoms with Crippen molar-refractivity contribution in [1.29, 1.82) is 0 Å². The average molecular weight is 290 g/mol. The van der Waals surface area contributed by atoms with Crippen molar-refractivity contribution in [3.63, 3.8) is 0 Å². The Balaban J connectivity index is 1.85. The number of hydrogen-bond donors (Lipinski definition) is 1. The molecule has 20 heavy (non-hydrogen) atoms. The molecule has 5 heteroatoms. The largest absolute Gasteiger partial charge is 0.497 e. The van der Waals surface area contributed by atoms with Gasteiger partial charge in [0.15, 0.2) is 4.77 Å². The van der Waals surface area contributed by atoms with Gasteiger partial charge in [0.05, 0.1) is 30.3 Å². The fraction of sp³-hybridized carbons (Fsp3) is 0.533. The quantitative estimate of drug-likeness (QED) is 0.880. The van der Waals surface area contributed by atoms with E-state index in [1.54, 1.807) is 7.11 Å². The van der Waals surface area contributed by atoms with Crippen LogP contribution in [0.2, 0.25) is 0 Å². The Morgan fingerprint density at radius 1 is 1.35 bits per heavy atom. The zero-order chi connectivity index (χ0) is 13.7. The van der Waals surface area contributed by atoms with Gasteiger partial charge in [-0.15, -0.1) is 0 Å². The van der Waals surface area contributed by atoms with E-state index in [9.17, 15) is 0 Å². The molecular formula is C15H18N2O2S. The number of fused-ring (bicyclic) bond motifs is 1. The Hall–Kier alpha value is -1.33. The molecule has 0 spiro atoms. The molecule has 1 saturated heterocycles. The van der Waals surface area contributed by atoms with Crippen LogP contribution in [-0.2, 0) is 4.74 Å². The van der Waals surface area contributed by atoms with Gasteiger partial charge in [0.2, 0.25) is 0 Å². The number of H-pyrrole nitrogens is 1. The zero-order valence-electron chi connectivity index (χ0n) is 11.5. The minimum absolute atomic E-state index is 0.326. The summed E-state index contributed by atoms with van der Waals surface area (Å²) in [6.07, 6.45) is 3.95. The van der Waals surface area contributed by atoms with E-state index in [0.717, 1.165) is 40.5 Å². The van der Waals surface area contributed by atoms with Gasteiger partial charge in [-0.25, -0.2) is 0 Å². The first-order valence-electron chi connectivity index (χ1n) is 7.18. The standard InChI is InChI=1S/C15H18N2O2S/c1-18-10-4-5-11-13(8-10)17(15(20)16-11)12-6-7-19-14(12)9-2-3-9/h4-5,8-9,12,14H,2-3,6-7H2,1H3,(H,16,20). The van der Waals surface area contributed by atoms with Gasteiger partial charge in [-0.05, 0) is 49.5 Å². The van der Waals surface area contributed by atoms with Crippen molar-refractivity contribution < 1.29 is 9.47 Å². The molecule has 0 bridgehead atoms. The number of aromatic nitrogens is 2. The predicted molar refractivity (Wildman–Crippen MR) is 79.8 cm³/mol. The maximum Gasteiger partial charge on any atom is 0.178 e. The van der Waals surface area contributed by atoms with Crippen LogP contribution >= 0.6 is 12.2 Å². The van der Waals surface area contributed by atoms with Gasteiger partial charge in [0.25, 0.3) is 0 Å². The average Bonchev–Trinajstić information content (AvgIpc) is 3.10. The van der Waals surface area contributed by atoms with E-state index >= 15 is 0 Å². The van der Waals surface area contributed by atoms with E-state index in [4.69, 9.17) is 21.7 Å². The molecular weight excluding hydrogens is 272 g/mol. The fourth-order valence-corrected chi connectivity index (χ4v) is 3.65. The van der Waals surface area contributed by atoms with Crippen LogP contribution in [0.4, 0.5) is 0 Å². The minimum atomic E-state index is 0.326. The number of methoxy groups -OCH3 is 1. The summed E-state index contributed by atoms with van der Waals surface area (Å²) >= 11 is 5.54. The van der Waals surface area contributed by atoms with Gasteiger partial charge in [-0.1, -0.05) is 0 Å². The molecule has 4 nitrogen and oxygen atoms in total. The molecule has 1 N–H and O–H groups in total. The summed E-state index contributed by atoms with van der Waals surface area (Å²) in [5.41, 5.74) is 2.19. The number of imidazole rings is 1. The number of rotatable bonds is 3. The van der Waals surface area contributed by atoms with Gasteiger partial charge in [-0.3, -0.25) is 0 Å². The molecule has 2 aromatic rings. The third-order valence-electron chi connectivity index (χ3n) is 4.45. The van der Waals surface area contributed by atoms with Crippen molar-refractivity contribution in [3.8, 4) is 5.75 Å². The van der Waals surface area contributed by atoms with E-state index in [1.165, 1.54) is 12.8 Å². The van der Waals surface area contributed by atoms with E-state index in [0.29, 0.717) is 12.1 Å². The van der Waals surface area contributed by atoms with Crippen LogP contribution in [0.1, 0.15) is 25.3 Å². The number of nitrogens with one attached hydrogen (secondary N) is 1. The van der Waals surface area contributed by atoms with Crippen molar-refractivity contribution in [2.75, 3.05) is 13.7 Å². The van der Waals surface area contributed by atoms with Crippen LogP contribution < -0.4 is 4.74 Å². The summed E-state index contributed by atoms with van der Waals surface area (Å²) in [5.74, 6) is 1.59. The Morgan fingerprint density at radius 3 is 2.95 bits per heavy atom. The first-order valence-corrected chi connectivity index (χ1v) is 7.58. The van der Waals surface area contributed by atoms with Gasteiger partial charge >= 0.3 is 0 Å². The maximum absolute atomic E-state index is 5.96. The molecule has 1 aliphatic carbocycles. The molecule has 2 atom stereocenters. The molecule has 2 aliphatic rings. The van der Waals surface area contributed by atoms with Gasteiger partial charge in [-0.2, -0.15) is 0 Å². The monoisotopic (exact) mass is 290 g/mol. The van der Waals surface area contributed by atoms with Crippen LogP contribution in [0.25, 0.3) is 11.0 Å². The van der Waals surface area contributed by atoms with E-state index in [2.05, 4.69) is 15.6 Å². The summed E-state index contributed by atoms with van der Waals surface area (Å²) in [5, 5.41) is 0. The highest BCUT2D eigenvalue weighted by atomic mass is 32.1. The lowest BCUT2D eigenvalue weighted by molar-refractivity contribution is 0.0756. The fourth-order valence-electron chi connectivity index (χ4n) is 3.31. The Morgan fingerprint density at radius 2 is 2.20 bits per heavy atom. The maximum atomic E-state index is 5.96. The molecule has 1 aromatic carbocycles. The van der Waals surface area contributed by atoms with E-state index in [1.807, 2.05) is 12.1 Å². The number of ether oxygens (including phenoxy) is 2. The molecule has 106 valence electrons. The summed E-state index contributed by atoms with van der Waals surface area (Å²) in [4.78, 5) is 3.30. The van der Waals surface area contributed by atoms with E-state index < -0.39 is 0 Å². The van der Waals surface area contributed by atoms with Crippen LogP contribution in [-0.4, -0.2) is 29.4 Å². The second-order valence-electron chi connectivity index (χ2n) is 5.71. The second kappa shape index (κ2) is 4.60. The molecule has 2 unspecified atom stereocenters. The highest BCUT2D eigenvalue weighted by Gasteiger charge is 2.42.